The molecule has 0 spiro atoms. The van der Waals surface area contributed by atoms with E-state index in [-0.39, 0.29) is 11.0 Å². The van der Waals surface area contributed by atoms with Crippen LogP contribution in [0.5, 0.6) is 0 Å². The van der Waals surface area contributed by atoms with Gasteiger partial charge in [0, 0.05) is 30.7 Å². The molecule has 1 fully saturated rings. The number of benzene rings is 2. The van der Waals surface area contributed by atoms with Crippen molar-refractivity contribution in [1.29, 1.82) is 0 Å². The number of piperidine rings is 1. The second-order valence-electron chi connectivity index (χ2n) is 8.28. The third-order valence-electron chi connectivity index (χ3n) is 6.21. The van der Waals surface area contributed by atoms with Gasteiger partial charge in [0.25, 0.3) is 0 Å². The highest BCUT2D eigenvalue weighted by molar-refractivity contribution is 6.31. The summed E-state index contributed by atoms with van der Waals surface area (Å²) in [5, 5.41) is 0.845. The minimum atomic E-state index is -4.46. The van der Waals surface area contributed by atoms with Crippen LogP contribution in [0.1, 0.15) is 45.8 Å². The van der Waals surface area contributed by atoms with Crippen LogP contribution in [0.2, 0.25) is 5.02 Å². The fourth-order valence-corrected chi connectivity index (χ4v) is 4.76. The predicted octanol–water partition coefficient (Wildman–Crippen LogP) is 6.02. The molecule has 2 aromatic carbocycles. The Labute approximate surface area is 189 Å². The summed E-state index contributed by atoms with van der Waals surface area (Å²) in [7, 11) is 3.32. The van der Waals surface area contributed by atoms with Gasteiger partial charge in [0.2, 0.25) is 0 Å². The van der Waals surface area contributed by atoms with Crippen molar-refractivity contribution in [1.82, 2.24) is 9.47 Å². The first-order chi connectivity index (χ1) is 15.2. The minimum absolute atomic E-state index is 0.272. The lowest BCUT2D eigenvalue weighted by atomic mass is 9.89. The van der Waals surface area contributed by atoms with Crippen molar-refractivity contribution in [3.05, 3.63) is 69.9 Å². The maximum atomic E-state index is 13.1. The van der Waals surface area contributed by atoms with Crippen molar-refractivity contribution in [2.24, 2.45) is 7.05 Å². The number of rotatable bonds is 4. The number of carbonyl (C=O) groups excluding carboxylic acids is 1. The van der Waals surface area contributed by atoms with Crippen LogP contribution in [-0.2, 0) is 24.5 Å². The molecule has 1 aliphatic rings. The number of halogens is 4. The van der Waals surface area contributed by atoms with Gasteiger partial charge in [0.05, 0.1) is 23.3 Å². The maximum absolute atomic E-state index is 13.1. The van der Waals surface area contributed by atoms with E-state index in [9.17, 15) is 18.0 Å². The van der Waals surface area contributed by atoms with E-state index in [0.29, 0.717) is 23.6 Å². The molecule has 0 aliphatic carbocycles. The van der Waals surface area contributed by atoms with E-state index >= 15 is 0 Å². The third kappa shape index (κ3) is 4.50. The number of esters is 1. The topological polar surface area (TPSA) is 34.5 Å². The molecule has 4 rings (SSSR count). The van der Waals surface area contributed by atoms with Crippen molar-refractivity contribution in [2.75, 3.05) is 20.2 Å². The van der Waals surface area contributed by atoms with Crippen LogP contribution in [0.25, 0.3) is 10.9 Å². The minimum Gasteiger partial charge on any atom is -0.465 e. The van der Waals surface area contributed by atoms with Gasteiger partial charge in [-0.15, -0.1) is 0 Å². The normalized spacial score (nSPS) is 15.9. The zero-order valence-corrected chi connectivity index (χ0v) is 18.6. The molecule has 4 nitrogen and oxygen atoms in total. The number of nitrogens with zero attached hydrogens (tertiary/aromatic N) is 2. The molecule has 170 valence electrons. The Morgan fingerprint density at radius 1 is 1.16 bits per heavy atom. The van der Waals surface area contributed by atoms with E-state index in [0.717, 1.165) is 42.9 Å². The van der Waals surface area contributed by atoms with Crippen molar-refractivity contribution >= 4 is 28.5 Å². The third-order valence-corrected chi connectivity index (χ3v) is 6.54. The van der Waals surface area contributed by atoms with E-state index in [2.05, 4.69) is 11.1 Å². The SMILES string of the molecule is COC(=O)c1ccc2c(C3CCN(Cc4ccc(Cl)c(C(F)(F)F)c4)CC3)cn(C)c2c1. The molecule has 8 heteroatoms. The lowest BCUT2D eigenvalue weighted by Crippen LogP contribution is -2.32. The number of ether oxygens (including phenoxy) is 1. The summed E-state index contributed by atoms with van der Waals surface area (Å²) in [6, 6.07) is 9.73. The Morgan fingerprint density at radius 2 is 1.88 bits per heavy atom. The Bertz CT molecular complexity index is 1150. The van der Waals surface area contributed by atoms with Crippen LogP contribution in [-0.4, -0.2) is 35.6 Å². The zero-order chi connectivity index (χ0) is 23.0. The molecular weight excluding hydrogens is 441 g/mol. The van der Waals surface area contributed by atoms with E-state index in [4.69, 9.17) is 16.3 Å². The second-order valence-corrected chi connectivity index (χ2v) is 8.69. The summed E-state index contributed by atoms with van der Waals surface area (Å²) in [5.41, 5.74) is 2.56. The van der Waals surface area contributed by atoms with Crippen molar-refractivity contribution < 1.29 is 22.7 Å². The van der Waals surface area contributed by atoms with Crippen LogP contribution in [0.15, 0.2) is 42.6 Å². The second kappa shape index (κ2) is 8.79. The fraction of sp³-hybridized carbons (Fsp3) is 0.375. The predicted molar refractivity (Wildman–Crippen MR) is 118 cm³/mol. The summed E-state index contributed by atoms with van der Waals surface area (Å²) >= 11 is 5.73. The number of likely N-dealkylation sites (tertiary alicyclic amines) is 1. The van der Waals surface area contributed by atoms with Gasteiger partial charge >= 0.3 is 12.1 Å². The number of hydrogen-bond acceptors (Lipinski definition) is 3. The van der Waals surface area contributed by atoms with Crippen LogP contribution >= 0.6 is 11.6 Å². The van der Waals surface area contributed by atoms with Gasteiger partial charge in [-0.2, -0.15) is 13.2 Å². The number of alkyl halides is 3. The standard InChI is InChI=1S/C24H24ClF3N2O2/c1-29-14-19(18-5-4-17(12-22(18)29)23(31)32-2)16-7-9-30(10-8-16)13-15-3-6-21(25)20(11-15)24(26,27)28/h3-6,11-12,14,16H,7-10,13H2,1-2H3. The summed E-state index contributed by atoms with van der Waals surface area (Å²) in [5.74, 6) is -0.00582. The van der Waals surface area contributed by atoms with Gasteiger partial charge in [-0.05, 0) is 67.2 Å². The molecule has 0 unspecified atom stereocenters. The molecule has 0 saturated carbocycles. The van der Waals surface area contributed by atoms with E-state index in [1.165, 1.54) is 18.7 Å². The number of carbonyl (C=O) groups is 1. The maximum Gasteiger partial charge on any atom is 0.417 e. The first-order valence-electron chi connectivity index (χ1n) is 10.4. The average Bonchev–Trinajstić information content (AvgIpc) is 3.10. The lowest BCUT2D eigenvalue weighted by Gasteiger charge is -2.32. The Morgan fingerprint density at radius 3 is 2.53 bits per heavy atom. The summed E-state index contributed by atoms with van der Waals surface area (Å²) in [6.07, 6.45) is -0.516. The van der Waals surface area contributed by atoms with Gasteiger partial charge in [0.1, 0.15) is 0 Å². The average molecular weight is 465 g/mol. The van der Waals surface area contributed by atoms with Crippen molar-refractivity contribution in [2.45, 2.75) is 31.5 Å². The van der Waals surface area contributed by atoms with Crippen LogP contribution in [0, 0.1) is 0 Å². The number of hydrogen-bond donors (Lipinski definition) is 0. The number of aromatic nitrogens is 1. The molecule has 0 N–H and O–H groups in total. The van der Waals surface area contributed by atoms with Gasteiger partial charge < -0.3 is 9.30 Å². The van der Waals surface area contributed by atoms with Crippen LogP contribution < -0.4 is 0 Å². The Hall–Kier alpha value is -2.51. The number of methoxy groups -OCH3 is 1. The lowest BCUT2D eigenvalue weighted by molar-refractivity contribution is -0.137. The summed E-state index contributed by atoms with van der Waals surface area (Å²) in [6.45, 7) is 2.06. The molecule has 1 aliphatic heterocycles. The first kappa shape index (κ1) is 22.7. The van der Waals surface area contributed by atoms with Gasteiger partial charge in [0.15, 0.2) is 0 Å². The largest absolute Gasteiger partial charge is 0.465 e. The highest BCUT2D eigenvalue weighted by Gasteiger charge is 2.33. The van der Waals surface area contributed by atoms with Gasteiger partial charge in [-0.3, -0.25) is 4.90 Å². The molecule has 0 bridgehead atoms. The van der Waals surface area contributed by atoms with E-state index in [1.807, 2.05) is 23.7 Å². The molecular formula is C24H24ClF3N2O2. The van der Waals surface area contributed by atoms with Crippen LogP contribution in [0.4, 0.5) is 13.2 Å². The monoisotopic (exact) mass is 464 g/mol. The fourth-order valence-electron chi connectivity index (χ4n) is 4.53. The first-order valence-corrected chi connectivity index (χ1v) is 10.8. The zero-order valence-electron chi connectivity index (χ0n) is 17.9. The quantitative estimate of drug-likeness (QED) is 0.443. The van der Waals surface area contributed by atoms with Crippen LogP contribution in [0.3, 0.4) is 0 Å². The molecule has 1 saturated heterocycles. The number of fused-ring (bicyclic) bond motifs is 1. The molecule has 0 atom stereocenters. The van der Waals surface area contributed by atoms with Gasteiger partial charge in [-0.25, -0.2) is 4.79 Å². The highest BCUT2D eigenvalue weighted by atomic mass is 35.5. The Kier molecular flexibility index (Phi) is 6.23. The Balaban J connectivity index is 1.46. The molecule has 3 aromatic rings. The summed E-state index contributed by atoms with van der Waals surface area (Å²) < 4.78 is 46.3. The van der Waals surface area contributed by atoms with E-state index < -0.39 is 11.7 Å². The molecule has 0 radical (unpaired) electrons. The highest BCUT2D eigenvalue weighted by Crippen LogP contribution is 2.37. The molecule has 1 aromatic heterocycles. The molecule has 32 heavy (non-hydrogen) atoms. The van der Waals surface area contributed by atoms with Gasteiger partial charge in [-0.1, -0.05) is 23.7 Å². The van der Waals surface area contributed by atoms with Crippen molar-refractivity contribution in [3.8, 4) is 0 Å². The summed E-state index contributed by atoms with van der Waals surface area (Å²) in [4.78, 5) is 14.0. The van der Waals surface area contributed by atoms with Crippen molar-refractivity contribution in [3.63, 3.8) is 0 Å². The smallest absolute Gasteiger partial charge is 0.417 e. The molecule has 2 heterocycles. The molecule has 0 amide bonds. The number of aryl methyl sites for hydroxylation is 1. The van der Waals surface area contributed by atoms with E-state index in [1.54, 1.807) is 12.1 Å².